The first-order valence-electron chi connectivity index (χ1n) is 4.04. The molecule has 0 nitrogen and oxygen atoms in total. The zero-order valence-electron chi connectivity index (χ0n) is 5.63. The highest BCUT2D eigenvalue weighted by atomic mass is 35.5. The van der Waals surface area contributed by atoms with Gasteiger partial charge >= 0.3 is 0 Å². The second-order valence-electron chi connectivity index (χ2n) is 3.98. The van der Waals surface area contributed by atoms with Gasteiger partial charge in [-0.15, -0.1) is 23.2 Å². The van der Waals surface area contributed by atoms with Gasteiger partial charge in [-0.3, -0.25) is 0 Å². The molecule has 0 heterocycles. The molecule has 56 valence electrons. The molecule has 0 radical (unpaired) electrons. The molecule has 6 atom stereocenters. The van der Waals surface area contributed by atoms with Crippen molar-refractivity contribution in [2.45, 2.75) is 11.8 Å². The van der Waals surface area contributed by atoms with Crippen molar-refractivity contribution < 1.29 is 0 Å². The molecule has 4 saturated carbocycles. The van der Waals surface area contributed by atoms with Crippen LogP contribution in [0.4, 0.5) is 0 Å². The third-order valence-electron chi connectivity index (χ3n) is 3.84. The number of alkyl halides is 2. The Labute approximate surface area is 70.9 Å². The van der Waals surface area contributed by atoms with Gasteiger partial charge in [0.2, 0.25) is 0 Å². The van der Waals surface area contributed by atoms with E-state index in [1.165, 1.54) is 6.42 Å². The van der Waals surface area contributed by atoms with E-state index in [1.54, 1.807) is 0 Å². The summed E-state index contributed by atoms with van der Waals surface area (Å²) in [6.07, 6.45) is 1.39. The first-order valence-corrected chi connectivity index (χ1v) is 5.01. The van der Waals surface area contributed by atoms with Gasteiger partial charge in [-0.25, -0.2) is 0 Å². The second-order valence-corrected chi connectivity index (χ2v) is 4.79. The molecule has 0 aromatic heterocycles. The Bertz CT molecular complexity index is 180. The van der Waals surface area contributed by atoms with Gasteiger partial charge in [0.15, 0.2) is 0 Å². The summed E-state index contributed by atoms with van der Waals surface area (Å²) < 4.78 is 0. The fourth-order valence-electron chi connectivity index (χ4n) is 3.44. The third kappa shape index (κ3) is 0.464. The molecule has 0 amide bonds. The average Bonchev–Trinajstić information content (AvgIpc) is 2.29. The smallest absolute Gasteiger partial charge is 0.0401 e. The van der Waals surface area contributed by atoms with Crippen molar-refractivity contribution in [1.82, 2.24) is 0 Å². The molecule has 4 fully saturated rings. The van der Waals surface area contributed by atoms with Gasteiger partial charge in [-0.05, 0) is 36.0 Å². The Hall–Kier alpha value is 0.580. The summed E-state index contributed by atoms with van der Waals surface area (Å²) in [5.41, 5.74) is 0. The first-order chi connectivity index (χ1) is 4.84. The summed E-state index contributed by atoms with van der Waals surface area (Å²) in [7, 11) is 0. The van der Waals surface area contributed by atoms with Crippen molar-refractivity contribution in [3.8, 4) is 0 Å². The predicted molar refractivity (Wildman–Crippen MR) is 42.4 cm³/mol. The molecular weight excluding hydrogens is 167 g/mol. The zero-order chi connectivity index (χ0) is 6.88. The molecule has 0 aromatic rings. The lowest BCUT2D eigenvalue weighted by Crippen LogP contribution is -2.12. The lowest BCUT2D eigenvalue weighted by atomic mass is 10.0. The lowest BCUT2D eigenvalue weighted by Gasteiger charge is -2.12. The van der Waals surface area contributed by atoms with E-state index in [0.717, 1.165) is 35.5 Å². The third-order valence-corrected chi connectivity index (χ3v) is 4.81. The van der Waals surface area contributed by atoms with Crippen LogP contribution in [0.3, 0.4) is 0 Å². The molecule has 0 N–H and O–H groups in total. The van der Waals surface area contributed by atoms with Crippen LogP contribution in [-0.4, -0.2) is 11.3 Å². The Morgan fingerprint density at radius 3 is 2.20 bits per heavy atom. The van der Waals surface area contributed by atoms with Crippen molar-refractivity contribution >= 4 is 23.2 Å². The number of rotatable bonds is 1. The van der Waals surface area contributed by atoms with Gasteiger partial charge in [0.1, 0.15) is 0 Å². The van der Waals surface area contributed by atoms with E-state index in [-0.39, 0.29) is 0 Å². The molecular formula is C8H10Cl2. The zero-order valence-corrected chi connectivity index (χ0v) is 7.15. The molecule has 0 aromatic carbocycles. The summed E-state index contributed by atoms with van der Waals surface area (Å²) >= 11 is 12.1. The summed E-state index contributed by atoms with van der Waals surface area (Å²) in [5, 5.41) is 0.499. The highest BCUT2D eigenvalue weighted by Crippen LogP contribution is 2.74. The van der Waals surface area contributed by atoms with Crippen molar-refractivity contribution in [2.75, 3.05) is 5.88 Å². The maximum absolute atomic E-state index is 6.21. The number of hydrogen-bond donors (Lipinski definition) is 0. The van der Waals surface area contributed by atoms with Crippen LogP contribution in [0.15, 0.2) is 0 Å². The minimum atomic E-state index is 0.499. The van der Waals surface area contributed by atoms with E-state index in [9.17, 15) is 0 Å². The summed E-state index contributed by atoms with van der Waals surface area (Å²) in [6.45, 7) is 0. The molecule has 4 rings (SSSR count). The molecule has 4 aliphatic carbocycles. The minimum absolute atomic E-state index is 0.499. The summed E-state index contributed by atoms with van der Waals surface area (Å²) in [4.78, 5) is 0. The van der Waals surface area contributed by atoms with E-state index in [1.807, 2.05) is 0 Å². The highest BCUT2D eigenvalue weighted by Gasteiger charge is 2.72. The molecule has 4 aliphatic rings. The van der Waals surface area contributed by atoms with Crippen LogP contribution in [-0.2, 0) is 0 Å². The van der Waals surface area contributed by atoms with E-state index >= 15 is 0 Å². The van der Waals surface area contributed by atoms with Crippen molar-refractivity contribution in [1.29, 1.82) is 0 Å². The Balaban J connectivity index is 1.95. The van der Waals surface area contributed by atoms with Crippen LogP contribution in [0.1, 0.15) is 6.42 Å². The topological polar surface area (TPSA) is 0 Å². The molecule has 6 unspecified atom stereocenters. The average molecular weight is 177 g/mol. The highest BCUT2D eigenvalue weighted by molar-refractivity contribution is 6.22. The standard InChI is InChI=1S/C8H10Cl2/c9-2-5-3-1-4-6(5)7(4)8(3)10/h3-8H,1-2H2. The van der Waals surface area contributed by atoms with E-state index in [0.29, 0.717) is 5.38 Å². The van der Waals surface area contributed by atoms with Gasteiger partial charge < -0.3 is 0 Å². The normalized spacial score (nSPS) is 69.0. The largest absolute Gasteiger partial charge is 0.126 e. The fraction of sp³-hybridized carbons (Fsp3) is 1.00. The van der Waals surface area contributed by atoms with Gasteiger partial charge in [-0.1, -0.05) is 0 Å². The van der Waals surface area contributed by atoms with Crippen molar-refractivity contribution in [3.63, 3.8) is 0 Å². The maximum atomic E-state index is 6.21. The van der Waals surface area contributed by atoms with Crippen LogP contribution in [0, 0.1) is 29.6 Å². The summed E-state index contributed by atoms with van der Waals surface area (Å²) in [5.74, 6) is 5.26. The quantitative estimate of drug-likeness (QED) is 0.539. The molecule has 0 saturated heterocycles. The van der Waals surface area contributed by atoms with Crippen molar-refractivity contribution in [3.05, 3.63) is 0 Å². The van der Waals surface area contributed by atoms with Crippen LogP contribution < -0.4 is 0 Å². The monoisotopic (exact) mass is 176 g/mol. The Kier molecular flexibility index (Phi) is 1.02. The van der Waals surface area contributed by atoms with Crippen LogP contribution in [0.25, 0.3) is 0 Å². The SMILES string of the molecule is ClCC1C2CC3C(C2Cl)C13. The van der Waals surface area contributed by atoms with Crippen LogP contribution in [0.5, 0.6) is 0 Å². The van der Waals surface area contributed by atoms with Crippen LogP contribution >= 0.6 is 23.2 Å². The molecule has 0 spiro atoms. The Morgan fingerprint density at radius 1 is 1.20 bits per heavy atom. The van der Waals surface area contributed by atoms with E-state index in [4.69, 9.17) is 23.2 Å². The predicted octanol–water partition coefficient (Wildman–Crippen LogP) is 2.34. The van der Waals surface area contributed by atoms with Gasteiger partial charge in [0.05, 0.1) is 0 Å². The maximum Gasteiger partial charge on any atom is 0.0401 e. The molecule has 0 aliphatic heterocycles. The van der Waals surface area contributed by atoms with E-state index in [2.05, 4.69) is 0 Å². The summed E-state index contributed by atoms with van der Waals surface area (Å²) in [6, 6.07) is 0. The Morgan fingerprint density at radius 2 is 2.00 bits per heavy atom. The van der Waals surface area contributed by atoms with Gasteiger partial charge in [0, 0.05) is 11.3 Å². The van der Waals surface area contributed by atoms with Gasteiger partial charge in [-0.2, -0.15) is 0 Å². The number of halogens is 2. The minimum Gasteiger partial charge on any atom is -0.126 e. The number of hydrogen-bond acceptors (Lipinski definition) is 0. The lowest BCUT2D eigenvalue weighted by molar-refractivity contribution is 0.459. The van der Waals surface area contributed by atoms with Crippen molar-refractivity contribution in [2.24, 2.45) is 29.6 Å². The second kappa shape index (κ2) is 1.67. The first kappa shape index (κ1) is 6.14. The van der Waals surface area contributed by atoms with Gasteiger partial charge in [0.25, 0.3) is 0 Å². The fourth-order valence-corrected chi connectivity index (χ4v) is 4.52. The molecule has 10 heavy (non-hydrogen) atoms. The van der Waals surface area contributed by atoms with Crippen LogP contribution in [0.2, 0.25) is 0 Å². The molecule has 4 bridgehead atoms. The molecule has 2 heteroatoms. The van der Waals surface area contributed by atoms with E-state index < -0.39 is 0 Å².